The smallest absolute Gasteiger partial charge is 0.203 e. The van der Waals surface area contributed by atoms with Crippen molar-refractivity contribution in [3.05, 3.63) is 17.0 Å². The molecular formula is C14H25N3O3SSi. The number of rotatable bonds is 5. The molecule has 1 aromatic rings. The maximum atomic E-state index is 10.5. The van der Waals surface area contributed by atoms with Crippen LogP contribution in [0.5, 0.6) is 0 Å². The highest BCUT2D eigenvalue weighted by Crippen LogP contribution is 2.39. The van der Waals surface area contributed by atoms with Gasteiger partial charge in [-0.3, -0.25) is 4.57 Å². The van der Waals surface area contributed by atoms with Crippen molar-refractivity contribution in [1.82, 2.24) is 9.55 Å². The fourth-order valence-electron chi connectivity index (χ4n) is 2.76. The molecule has 22 heavy (non-hydrogen) atoms. The third kappa shape index (κ3) is 3.93. The molecule has 1 saturated heterocycles. The van der Waals surface area contributed by atoms with Gasteiger partial charge in [-0.1, -0.05) is 25.7 Å². The minimum atomic E-state index is -1.24. The lowest BCUT2D eigenvalue weighted by molar-refractivity contribution is -0.0474. The molecular weight excluding hydrogens is 318 g/mol. The Morgan fingerprint density at radius 2 is 2.14 bits per heavy atom. The van der Waals surface area contributed by atoms with Crippen molar-refractivity contribution in [2.75, 3.05) is 12.3 Å². The van der Waals surface area contributed by atoms with Crippen LogP contribution in [0.4, 0.5) is 5.82 Å². The first-order valence-electron chi connectivity index (χ1n) is 7.52. The van der Waals surface area contributed by atoms with E-state index in [1.54, 1.807) is 16.8 Å². The number of aliphatic hydroxyl groups is 2. The Morgan fingerprint density at radius 1 is 1.45 bits per heavy atom. The molecule has 124 valence electrons. The minimum absolute atomic E-state index is 0.110. The Morgan fingerprint density at radius 3 is 2.68 bits per heavy atom. The van der Waals surface area contributed by atoms with E-state index >= 15 is 0 Å². The van der Waals surface area contributed by atoms with Gasteiger partial charge >= 0.3 is 0 Å². The highest BCUT2D eigenvalue weighted by Gasteiger charge is 2.44. The number of nitrogen functional groups attached to an aromatic ring is 1. The summed E-state index contributed by atoms with van der Waals surface area (Å²) in [4.78, 5) is 4.08. The first kappa shape index (κ1) is 17.5. The Labute approximate surface area is 137 Å². The molecule has 8 heteroatoms. The molecule has 0 spiro atoms. The highest BCUT2D eigenvalue weighted by atomic mass is 32.1. The zero-order valence-corrected chi connectivity index (χ0v) is 15.1. The first-order valence-corrected chi connectivity index (χ1v) is 11.6. The van der Waals surface area contributed by atoms with Gasteiger partial charge in [0.25, 0.3) is 0 Å². The number of ether oxygens (including phenoxy) is 1. The maximum absolute atomic E-state index is 10.5. The van der Waals surface area contributed by atoms with E-state index in [-0.39, 0.29) is 12.5 Å². The molecule has 2 rings (SSSR count). The summed E-state index contributed by atoms with van der Waals surface area (Å²) in [6.07, 6.45) is 0.874. The molecule has 4 atom stereocenters. The summed E-state index contributed by atoms with van der Waals surface area (Å²) in [5.74, 6) is 0.248. The number of aliphatic hydroxyl groups excluding tert-OH is 2. The third-order valence-electron chi connectivity index (χ3n) is 4.03. The Balaban J connectivity index is 2.27. The predicted molar refractivity (Wildman–Crippen MR) is 90.7 cm³/mol. The summed E-state index contributed by atoms with van der Waals surface area (Å²) in [5.41, 5.74) is 5.64. The minimum Gasteiger partial charge on any atom is -0.394 e. The number of nitrogens with two attached hydrogens (primary N) is 1. The molecule has 1 aromatic heterocycles. The SMILES string of the molecule is C[Si](C)(C)CCC1C(O)[C@@H](CO)O[C@H]1n1ccc(N)nc1=S. The van der Waals surface area contributed by atoms with Gasteiger partial charge in [0, 0.05) is 20.2 Å². The van der Waals surface area contributed by atoms with E-state index in [9.17, 15) is 10.2 Å². The molecule has 0 saturated carbocycles. The lowest BCUT2D eigenvalue weighted by atomic mass is 9.97. The van der Waals surface area contributed by atoms with Gasteiger partial charge in [-0.25, -0.2) is 4.98 Å². The summed E-state index contributed by atoms with van der Waals surface area (Å²) < 4.78 is 7.89. The molecule has 2 heterocycles. The van der Waals surface area contributed by atoms with Crippen LogP contribution in [-0.4, -0.2) is 46.7 Å². The Bertz CT molecular complexity index is 575. The van der Waals surface area contributed by atoms with Crippen molar-refractivity contribution in [2.24, 2.45) is 5.92 Å². The van der Waals surface area contributed by atoms with Crippen molar-refractivity contribution < 1.29 is 14.9 Å². The summed E-state index contributed by atoms with van der Waals surface area (Å²) in [7, 11) is -1.24. The van der Waals surface area contributed by atoms with Crippen molar-refractivity contribution in [1.29, 1.82) is 0 Å². The topological polar surface area (TPSA) is 93.5 Å². The van der Waals surface area contributed by atoms with Gasteiger partial charge in [0.05, 0.1) is 12.7 Å². The number of anilines is 1. The maximum Gasteiger partial charge on any atom is 0.203 e. The summed E-state index contributed by atoms with van der Waals surface area (Å²) in [6.45, 7) is 6.68. The second-order valence-corrected chi connectivity index (χ2v) is 13.0. The molecule has 1 aliphatic heterocycles. The summed E-state index contributed by atoms with van der Waals surface area (Å²) in [5, 5.41) is 19.9. The quantitative estimate of drug-likeness (QED) is 0.557. The average molecular weight is 344 g/mol. The van der Waals surface area contributed by atoms with Crippen LogP contribution in [0.25, 0.3) is 0 Å². The number of nitrogens with zero attached hydrogens (tertiary/aromatic N) is 2. The van der Waals surface area contributed by atoms with Crippen LogP contribution in [0, 0.1) is 10.7 Å². The van der Waals surface area contributed by atoms with Crippen LogP contribution in [-0.2, 0) is 4.74 Å². The number of hydrogen-bond acceptors (Lipinski definition) is 6. The molecule has 0 bridgehead atoms. The van der Waals surface area contributed by atoms with Gasteiger partial charge in [0.2, 0.25) is 4.77 Å². The van der Waals surface area contributed by atoms with Crippen molar-refractivity contribution >= 4 is 26.1 Å². The standard InChI is InChI=1S/C14H25N3O3SSi/c1-22(2,3)7-5-9-12(19)10(8-18)20-13(9)17-6-4-11(15)16-14(17)21/h4,6,9-10,12-13,18-19H,5,7-8H2,1-3H3,(H2,15,16,21)/t9?,10-,12?,13-/m1/s1. The van der Waals surface area contributed by atoms with E-state index in [0.29, 0.717) is 10.6 Å². The molecule has 0 aliphatic carbocycles. The lowest BCUT2D eigenvalue weighted by Gasteiger charge is -2.25. The fraction of sp³-hybridized carbons (Fsp3) is 0.714. The molecule has 0 aromatic carbocycles. The molecule has 0 radical (unpaired) electrons. The fourth-order valence-corrected chi connectivity index (χ4v) is 4.23. The third-order valence-corrected chi connectivity index (χ3v) is 6.12. The predicted octanol–water partition coefficient (Wildman–Crippen LogP) is 1.79. The highest BCUT2D eigenvalue weighted by molar-refractivity contribution is 7.71. The van der Waals surface area contributed by atoms with E-state index in [2.05, 4.69) is 24.6 Å². The molecule has 1 fully saturated rings. The Kier molecular flexibility index (Phi) is 5.39. The summed E-state index contributed by atoms with van der Waals surface area (Å²) in [6, 6.07) is 2.73. The van der Waals surface area contributed by atoms with Crippen LogP contribution in [0.2, 0.25) is 25.7 Å². The average Bonchev–Trinajstić information content (AvgIpc) is 2.72. The van der Waals surface area contributed by atoms with Crippen LogP contribution in [0.15, 0.2) is 12.3 Å². The van der Waals surface area contributed by atoms with Crippen LogP contribution < -0.4 is 5.73 Å². The zero-order valence-electron chi connectivity index (χ0n) is 13.3. The van der Waals surface area contributed by atoms with Crippen molar-refractivity contribution in [2.45, 2.75) is 50.5 Å². The number of hydrogen-bond donors (Lipinski definition) is 3. The molecule has 6 nitrogen and oxygen atoms in total. The lowest BCUT2D eigenvalue weighted by Crippen LogP contribution is -2.31. The van der Waals surface area contributed by atoms with E-state index in [1.807, 2.05) is 0 Å². The first-order chi connectivity index (χ1) is 10.2. The van der Waals surface area contributed by atoms with Crippen LogP contribution in [0.3, 0.4) is 0 Å². The van der Waals surface area contributed by atoms with E-state index in [1.165, 1.54) is 0 Å². The van der Waals surface area contributed by atoms with Gasteiger partial charge in [-0.15, -0.1) is 0 Å². The largest absolute Gasteiger partial charge is 0.394 e. The number of aromatic nitrogens is 2. The van der Waals surface area contributed by atoms with Gasteiger partial charge < -0.3 is 20.7 Å². The second-order valence-electron chi connectivity index (χ2n) is 7.04. The second kappa shape index (κ2) is 6.75. The van der Waals surface area contributed by atoms with Crippen LogP contribution >= 0.6 is 12.2 Å². The van der Waals surface area contributed by atoms with Crippen molar-refractivity contribution in [3.63, 3.8) is 0 Å². The van der Waals surface area contributed by atoms with Gasteiger partial charge in [0.15, 0.2) is 0 Å². The molecule has 0 amide bonds. The normalized spacial score (nSPS) is 29.0. The van der Waals surface area contributed by atoms with Gasteiger partial charge in [-0.2, -0.15) is 0 Å². The molecule has 4 N–H and O–H groups in total. The van der Waals surface area contributed by atoms with E-state index in [0.717, 1.165) is 12.5 Å². The summed E-state index contributed by atoms with van der Waals surface area (Å²) >= 11 is 5.26. The molecule has 1 aliphatic rings. The van der Waals surface area contributed by atoms with E-state index in [4.69, 9.17) is 22.7 Å². The van der Waals surface area contributed by atoms with Crippen LogP contribution in [0.1, 0.15) is 12.6 Å². The zero-order chi connectivity index (χ0) is 16.5. The van der Waals surface area contributed by atoms with Crippen molar-refractivity contribution in [3.8, 4) is 0 Å². The van der Waals surface area contributed by atoms with E-state index < -0.39 is 26.5 Å². The monoisotopic (exact) mass is 343 g/mol. The van der Waals surface area contributed by atoms with Gasteiger partial charge in [0.1, 0.15) is 18.1 Å². The van der Waals surface area contributed by atoms with Gasteiger partial charge in [-0.05, 0) is 24.7 Å². The molecule has 2 unspecified atom stereocenters. The Hall–Kier alpha value is -0.803.